The Labute approximate surface area is 165 Å². The van der Waals surface area contributed by atoms with Gasteiger partial charge in [-0.1, -0.05) is 6.07 Å². The standard InChI is InChI=1S/C22H27FN2O3/c1-3-27-20-11-10-16(13-21(20)28-4-2)22(26)24-18-8-6-12-25(15-18)19-9-5-7-17(23)14-19/h5,7,9-11,13-14,18H,3-4,6,8,12,15H2,1-2H3,(H,24,26). The molecule has 1 fully saturated rings. The fourth-order valence-corrected chi connectivity index (χ4v) is 3.46. The zero-order chi connectivity index (χ0) is 19.9. The van der Waals surface area contributed by atoms with Gasteiger partial charge in [0.15, 0.2) is 11.5 Å². The highest BCUT2D eigenvalue weighted by molar-refractivity contribution is 5.95. The van der Waals surface area contributed by atoms with Crippen molar-refractivity contribution in [1.82, 2.24) is 5.32 Å². The second-order valence-electron chi connectivity index (χ2n) is 6.77. The first-order valence-corrected chi connectivity index (χ1v) is 9.81. The maximum atomic E-state index is 13.5. The summed E-state index contributed by atoms with van der Waals surface area (Å²) in [5.41, 5.74) is 1.38. The van der Waals surface area contributed by atoms with Crippen molar-refractivity contribution < 1.29 is 18.7 Å². The Morgan fingerprint density at radius 1 is 1.14 bits per heavy atom. The summed E-state index contributed by atoms with van der Waals surface area (Å²) in [6.45, 7) is 6.34. The molecule has 0 bridgehead atoms. The van der Waals surface area contributed by atoms with Crippen LogP contribution in [0, 0.1) is 5.82 Å². The van der Waals surface area contributed by atoms with Gasteiger partial charge in [0.2, 0.25) is 0 Å². The third kappa shape index (κ3) is 4.94. The van der Waals surface area contributed by atoms with Crippen LogP contribution in [-0.4, -0.2) is 38.3 Å². The summed E-state index contributed by atoms with van der Waals surface area (Å²) in [7, 11) is 0. The molecule has 1 atom stereocenters. The lowest BCUT2D eigenvalue weighted by Crippen LogP contribution is -2.47. The molecule has 3 rings (SSSR count). The molecule has 0 aromatic heterocycles. The van der Waals surface area contributed by atoms with Gasteiger partial charge in [0.1, 0.15) is 5.82 Å². The monoisotopic (exact) mass is 386 g/mol. The molecule has 2 aromatic carbocycles. The van der Waals surface area contributed by atoms with E-state index in [0.717, 1.165) is 25.1 Å². The van der Waals surface area contributed by atoms with Gasteiger partial charge in [0, 0.05) is 30.4 Å². The van der Waals surface area contributed by atoms with E-state index in [1.54, 1.807) is 24.3 Å². The van der Waals surface area contributed by atoms with Crippen molar-refractivity contribution in [1.29, 1.82) is 0 Å². The van der Waals surface area contributed by atoms with Gasteiger partial charge < -0.3 is 19.7 Å². The van der Waals surface area contributed by atoms with Crippen LogP contribution in [0.2, 0.25) is 0 Å². The number of hydrogen-bond donors (Lipinski definition) is 1. The number of anilines is 1. The summed E-state index contributed by atoms with van der Waals surface area (Å²) in [4.78, 5) is 14.9. The molecule has 0 spiro atoms. The minimum Gasteiger partial charge on any atom is -0.490 e. The molecule has 1 heterocycles. The summed E-state index contributed by atoms with van der Waals surface area (Å²) < 4.78 is 24.7. The quantitative estimate of drug-likeness (QED) is 0.781. The molecule has 1 saturated heterocycles. The Morgan fingerprint density at radius 2 is 1.93 bits per heavy atom. The minimum atomic E-state index is -0.249. The lowest BCUT2D eigenvalue weighted by molar-refractivity contribution is 0.0932. The Balaban J connectivity index is 1.67. The van der Waals surface area contributed by atoms with Gasteiger partial charge in [-0.15, -0.1) is 0 Å². The van der Waals surface area contributed by atoms with Gasteiger partial charge in [-0.2, -0.15) is 0 Å². The van der Waals surface area contributed by atoms with Crippen LogP contribution in [-0.2, 0) is 0 Å². The largest absolute Gasteiger partial charge is 0.490 e. The van der Waals surface area contributed by atoms with E-state index in [4.69, 9.17) is 9.47 Å². The molecule has 5 nitrogen and oxygen atoms in total. The van der Waals surface area contributed by atoms with Gasteiger partial charge in [-0.25, -0.2) is 4.39 Å². The predicted molar refractivity (Wildman–Crippen MR) is 108 cm³/mol. The van der Waals surface area contributed by atoms with Crippen molar-refractivity contribution in [3.05, 3.63) is 53.8 Å². The highest BCUT2D eigenvalue weighted by Gasteiger charge is 2.23. The van der Waals surface area contributed by atoms with Crippen molar-refractivity contribution in [2.24, 2.45) is 0 Å². The summed E-state index contributed by atoms with van der Waals surface area (Å²) >= 11 is 0. The van der Waals surface area contributed by atoms with Crippen molar-refractivity contribution in [2.75, 3.05) is 31.2 Å². The molecule has 2 aromatic rings. The van der Waals surface area contributed by atoms with Gasteiger partial charge in [0.05, 0.1) is 13.2 Å². The average molecular weight is 386 g/mol. The van der Waals surface area contributed by atoms with Crippen LogP contribution >= 0.6 is 0 Å². The zero-order valence-corrected chi connectivity index (χ0v) is 16.4. The first kappa shape index (κ1) is 20.0. The number of halogens is 1. The molecule has 1 aliphatic heterocycles. The SMILES string of the molecule is CCOc1ccc(C(=O)NC2CCCN(c3cccc(F)c3)C2)cc1OCC. The van der Waals surface area contributed by atoms with Crippen LogP contribution in [0.4, 0.5) is 10.1 Å². The van der Waals surface area contributed by atoms with Crippen LogP contribution in [0.1, 0.15) is 37.0 Å². The maximum absolute atomic E-state index is 13.5. The van der Waals surface area contributed by atoms with E-state index in [1.165, 1.54) is 12.1 Å². The normalized spacial score (nSPS) is 16.5. The third-order valence-electron chi connectivity index (χ3n) is 4.74. The Bertz CT molecular complexity index is 812. The summed E-state index contributed by atoms with van der Waals surface area (Å²) in [6.07, 6.45) is 1.84. The highest BCUT2D eigenvalue weighted by atomic mass is 19.1. The van der Waals surface area contributed by atoms with Crippen LogP contribution in [0.3, 0.4) is 0 Å². The molecule has 0 aliphatic carbocycles. The van der Waals surface area contributed by atoms with Gasteiger partial charge in [0.25, 0.3) is 5.91 Å². The van der Waals surface area contributed by atoms with Gasteiger partial charge in [-0.05, 0) is 63.1 Å². The summed E-state index contributed by atoms with van der Waals surface area (Å²) in [5, 5.41) is 3.10. The Hall–Kier alpha value is -2.76. The summed E-state index contributed by atoms with van der Waals surface area (Å²) in [6, 6.07) is 11.8. The van der Waals surface area contributed by atoms with Crippen LogP contribution in [0.5, 0.6) is 11.5 Å². The van der Waals surface area contributed by atoms with Gasteiger partial charge in [-0.3, -0.25) is 4.79 Å². The van der Waals surface area contributed by atoms with E-state index in [1.807, 2.05) is 19.9 Å². The molecule has 0 saturated carbocycles. The number of nitrogens with zero attached hydrogens (tertiary/aromatic N) is 1. The fourth-order valence-electron chi connectivity index (χ4n) is 3.46. The number of carbonyl (C=O) groups is 1. The number of hydrogen-bond acceptors (Lipinski definition) is 4. The number of nitrogens with one attached hydrogen (secondary N) is 1. The van der Waals surface area contributed by atoms with E-state index < -0.39 is 0 Å². The number of piperidine rings is 1. The average Bonchev–Trinajstić information content (AvgIpc) is 2.70. The van der Waals surface area contributed by atoms with Crippen molar-refractivity contribution in [3.8, 4) is 11.5 Å². The third-order valence-corrected chi connectivity index (χ3v) is 4.74. The first-order chi connectivity index (χ1) is 13.6. The maximum Gasteiger partial charge on any atom is 0.251 e. The number of amides is 1. The van der Waals surface area contributed by atoms with Crippen molar-refractivity contribution in [2.45, 2.75) is 32.7 Å². The fraction of sp³-hybridized carbons (Fsp3) is 0.409. The number of rotatable bonds is 7. The van der Waals surface area contributed by atoms with E-state index in [0.29, 0.717) is 36.8 Å². The topological polar surface area (TPSA) is 50.8 Å². The smallest absolute Gasteiger partial charge is 0.251 e. The van der Waals surface area contributed by atoms with E-state index in [2.05, 4.69) is 10.2 Å². The molecular formula is C22H27FN2O3. The van der Waals surface area contributed by atoms with E-state index >= 15 is 0 Å². The zero-order valence-electron chi connectivity index (χ0n) is 16.4. The molecule has 1 unspecified atom stereocenters. The van der Waals surface area contributed by atoms with E-state index in [9.17, 15) is 9.18 Å². The summed E-state index contributed by atoms with van der Waals surface area (Å²) in [5.74, 6) is 0.814. The first-order valence-electron chi connectivity index (χ1n) is 9.81. The van der Waals surface area contributed by atoms with Crippen molar-refractivity contribution >= 4 is 11.6 Å². The predicted octanol–water partition coefficient (Wildman–Crippen LogP) is 4.02. The Kier molecular flexibility index (Phi) is 6.74. The Morgan fingerprint density at radius 3 is 2.68 bits per heavy atom. The lowest BCUT2D eigenvalue weighted by atomic mass is 10.0. The molecule has 0 radical (unpaired) electrons. The number of ether oxygens (including phenoxy) is 2. The van der Waals surface area contributed by atoms with Crippen LogP contribution < -0.4 is 19.7 Å². The lowest BCUT2D eigenvalue weighted by Gasteiger charge is -2.34. The van der Waals surface area contributed by atoms with Crippen LogP contribution in [0.25, 0.3) is 0 Å². The second kappa shape index (κ2) is 9.44. The molecule has 1 N–H and O–H groups in total. The van der Waals surface area contributed by atoms with Crippen molar-refractivity contribution in [3.63, 3.8) is 0 Å². The number of benzene rings is 2. The molecule has 28 heavy (non-hydrogen) atoms. The van der Waals surface area contributed by atoms with Gasteiger partial charge >= 0.3 is 0 Å². The molecular weight excluding hydrogens is 359 g/mol. The van der Waals surface area contributed by atoms with E-state index in [-0.39, 0.29) is 17.8 Å². The van der Waals surface area contributed by atoms with Crippen LogP contribution in [0.15, 0.2) is 42.5 Å². The molecule has 1 aliphatic rings. The molecule has 1 amide bonds. The number of carbonyl (C=O) groups excluding carboxylic acids is 1. The minimum absolute atomic E-state index is 0.00614. The second-order valence-corrected chi connectivity index (χ2v) is 6.77. The molecule has 150 valence electrons. The highest BCUT2D eigenvalue weighted by Crippen LogP contribution is 2.29. The molecule has 6 heteroatoms.